The molecule has 1 heterocycles. The third-order valence-corrected chi connectivity index (χ3v) is 4.55. The fourth-order valence-corrected chi connectivity index (χ4v) is 2.89. The largest absolute Gasteiger partial charge is 0.290 e. The summed E-state index contributed by atoms with van der Waals surface area (Å²) in [5, 5.41) is 14.3. The number of nitrogens with one attached hydrogen (secondary N) is 1. The zero-order chi connectivity index (χ0) is 21.0. The molecule has 0 saturated carbocycles. The Kier molecular flexibility index (Phi) is 5.88. The van der Waals surface area contributed by atoms with Crippen LogP contribution in [0, 0.1) is 18.3 Å². The van der Waals surface area contributed by atoms with Crippen molar-refractivity contribution in [2.75, 3.05) is 0 Å². The molecule has 1 aromatic heterocycles. The minimum absolute atomic E-state index is 0.0590. The van der Waals surface area contributed by atoms with Gasteiger partial charge in [0.15, 0.2) is 5.69 Å². The first-order valence-electron chi connectivity index (χ1n) is 8.54. The first-order valence-corrected chi connectivity index (χ1v) is 8.92. The molecule has 7 nitrogen and oxygen atoms in total. The lowest BCUT2D eigenvalue weighted by Gasteiger charge is -2.11. The second-order valence-corrected chi connectivity index (χ2v) is 6.54. The maximum atomic E-state index is 12.9. The fourth-order valence-electron chi connectivity index (χ4n) is 2.69. The number of hydrazine groups is 1. The van der Waals surface area contributed by atoms with Gasteiger partial charge in [0, 0.05) is 10.6 Å². The van der Waals surface area contributed by atoms with E-state index in [0.29, 0.717) is 16.3 Å². The lowest BCUT2D eigenvalue weighted by molar-refractivity contribution is 0.0946. The molecule has 0 fully saturated rings. The molecule has 29 heavy (non-hydrogen) atoms. The Bertz CT molecular complexity index is 1210. The highest BCUT2D eigenvalue weighted by atomic mass is 35.5. The Labute approximate surface area is 171 Å². The Hall–Kier alpha value is -3.73. The van der Waals surface area contributed by atoms with Crippen molar-refractivity contribution in [1.29, 1.82) is 5.26 Å². The van der Waals surface area contributed by atoms with E-state index in [9.17, 15) is 14.9 Å². The SMILES string of the molecule is Cc1ccc(-n2nc(C(=O)NN)c(C=Cc3ccccc3Cl)c(C#N)c2=O)cc1. The van der Waals surface area contributed by atoms with Gasteiger partial charge in [-0.2, -0.15) is 15.0 Å². The molecular formula is C21H16ClN5O2. The van der Waals surface area contributed by atoms with E-state index in [0.717, 1.165) is 10.2 Å². The summed E-state index contributed by atoms with van der Waals surface area (Å²) in [4.78, 5) is 25.2. The summed E-state index contributed by atoms with van der Waals surface area (Å²) in [5.74, 6) is 4.55. The van der Waals surface area contributed by atoms with Crippen molar-refractivity contribution >= 4 is 29.7 Å². The predicted octanol–water partition coefficient (Wildman–Crippen LogP) is 2.84. The number of aryl methyl sites for hydroxylation is 1. The molecule has 0 radical (unpaired) electrons. The highest BCUT2D eigenvalue weighted by Crippen LogP contribution is 2.20. The van der Waals surface area contributed by atoms with Gasteiger partial charge in [-0.15, -0.1) is 0 Å². The van der Waals surface area contributed by atoms with Gasteiger partial charge in [-0.1, -0.05) is 59.6 Å². The number of aromatic nitrogens is 2. The Balaban J connectivity index is 2.25. The maximum Gasteiger partial charge on any atom is 0.290 e. The third kappa shape index (κ3) is 4.09. The van der Waals surface area contributed by atoms with Crippen LogP contribution in [0.5, 0.6) is 0 Å². The van der Waals surface area contributed by atoms with Crippen LogP contribution < -0.4 is 16.8 Å². The van der Waals surface area contributed by atoms with Crippen molar-refractivity contribution in [2.24, 2.45) is 5.84 Å². The minimum atomic E-state index is -0.735. The van der Waals surface area contributed by atoms with Crippen LogP contribution in [0.4, 0.5) is 0 Å². The molecule has 3 rings (SSSR count). The molecule has 0 aliphatic carbocycles. The van der Waals surface area contributed by atoms with Crippen molar-refractivity contribution in [3.63, 3.8) is 0 Å². The van der Waals surface area contributed by atoms with Gasteiger partial charge in [0.25, 0.3) is 11.5 Å². The number of hydrogen-bond donors (Lipinski definition) is 2. The van der Waals surface area contributed by atoms with Gasteiger partial charge in [0.05, 0.1) is 5.69 Å². The van der Waals surface area contributed by atoms with Crippen LogP contribution in [0.1, 0.15) is 32.7 Å². The predicted molar refractivity (Wildman–Crippen MR) is 111 cm³/mol. The van der Waals surface area contributed by atoms with Gasteiger partial charge in [0.2, 0.25) is 0 Å². The third-order valence-electron chi connectivity index (χ3n) is 4.20. The van der Waals surface area contributed by atoms with E-state index >= 15 is 0 Å². The molecule has 3 aromatic rings. The van der Waals surface area contributed by atoms with Gasteiger partial charge in [-0.3, -0.25) is 15.0 Å². The monoisotopic (exact) mass is 405 g/mol. The number of nitrogen functional groups attached to an aromatic ring is 1. The summed E-state index contributed by atoms with van der Waals surface area (Å²) in [6.45, 7) is 1.90. The van der Waals surface area contributed by atoms with Gasteiger partial charge < -0.3 is 0 Å². The molecule has 0 aliphatic rings. The van der Waals surface area contributed by atoms with Crippen LogP contribution >= 0.6 is 11.6 Å². The van der Waals surface area contributed by atoms with Crippen molar-refractivity contribution in [1.82, 2.24) is 15.2 Å². The van der Waals surface area contributed by atoms with E-state index in [1.165, 1.54) is 6.08 Å². The average molecular weight is 406 g/mol. The fraction of sp³-hybridized carbons (Fsp3) is 0.0476. The molecule has 3 N–H and O–H groups in total. The quantitative estimate of drug-likeness (QED) is 0.393. The number of hydrogen-bond acceptors (Lipinski definition) is 5. The molecule has 0 unspecified atom stereocenters. The van der Waals surface area contributed by atoms with Crippen LogP contribution in [-0.2, 0) is 0 Å². The smallest absolute Gasteiger partial charge is 0.289 e. The molecule has 0 atom stereocenters. The van der Waals surface area contributed by atoms with Crippen LogP contribution in [0.2, 0.25) is 5.02 Å². The van der Waals surface area contributed by atoms with Gasteiger partial charge >= 0.3 is 0 Å². The topological polar surface area (TPSA) is 114 Å². The summed E-state index contributed by atoms with van der Waals surface area (Å²) in [5.41, 5.74) is 3.08. The lowest BCUT2D eigenvalue weighted by Crippen LogP contribution is -2.35. The van der Waals surface area contributed by atoms with Gasteiger partial charge in [-0.25, -0.2) is 5.84 Å². The zero-order valence-corrected chi connectivity index (χ0v) is 16.1. The van der Waals surface area contributed by atoms with Crippen molar-refractivity contribution < 1.29 is 4.79 Å². The second kappa shape index (κ2) is 8.52. The normalized spacial score (nSPS) is 10.7. The number of halogens is 1. The van der Waals surface area contributed by atoms with Gasteiger partial charge in [0.1, 0.15) is 11.6 Å². The summed E-state index contributed by atoms with van der Waals surface area (Å²) < 4.78 is 1.01. The maximum absolute atomic E-state index is 12.9. The Morgan fingerprint density at radius 1 is 1.21 bits per heavy atom. The highest BCUT2D eigenvalue weighted by Gasteiger charge is 2.21. The summed E-state index contributed by atoms with van der Waals surface area (Å²) in [6, 6.07) is 15.8. The molecule has 0 spiro atoms. The first-order chi connectivity index (χ1) is 14.0. The second-order valence-electron chi connectivity index (χ2n) is 6.13. The Morgan fingerprint density at radius 2 is 1.90 bits per heavy atom. The van der Waals surface area contributed by atoms with E-state index in [2.05, 4.69) is 5.10 Å². The van der Waals surface area contributed by atoms with Crippen LogP contribution in [0.25, 0.3) is 17.8 Å². The summed E-state index contributed by atoms with van der Waals surface area (Å²) in [6.07, 6.45) is 3.06. The summed E-state index contributed by atoms with van der Waals surface area (Å²) in [7, 11) is 0. The first kappa shape index (κ1) is 20.0. The number of nitrogens with zero attached hydrogens (tertiary/aromatic N) is 3. The van der Waals surface area contributed by atoms with E-state index < -0.39 is 11.5 Å². The molecule has 0 bridgehead atoms. The van der Waals surface area contributed by atoms with E-state index in [-0.39, 0.29) is 16.8 Å². The summed E-state index contributed by atoms with van der Waals surface area (Å²) >= 11 is 6.15. The molecule has 8 heteroatoms. The van der Waals surface area contributed by atoms with Crippen molar-refractivity contribution in [3.8, 4) is 11.8 Å². The van der Waals surface area contributed by atoms with Crippen LogP contribution in [0.3, 0.4) is 0 Å². The van der Waals surface area contributed by atoms with Crippen molar-refractivity contribution in [3.05, 3.63) is 91.9 Å². The Morgan fingerprint density at radius 3 is 2.52 bits per heavy atom. The number of carbonyl (C=O) groups is 1. The van der Waals surface area contributed by atoms with E-state index in [1.54, 1.807) is 54.6 Å². The number of amides is 1. The van der Waals surface area contributed by atoms with Gasteiger partial charge in [-0.05, 0) is 30.7 Å². The lowest BCUT2D eigenvalue weighted by atomic mass is 10.1. The van der Waals surface area contributed by atoms with Crippen molar-refractivity contribution in [2.45, 2.75) is 6.92 Å². The number of carbonyl (C=O) groups excluding carboxylic acids is 1. The molecule has 144 valence electrons. The zero-order valence-electron chi connectivity index (χ0n) is 15.4. The molecule has 1 amide bonds. The van der Waals surface area contributed by atoms with Crippen LogP contribution in [0.15, 0.2) is 53.3 Å². The minimum Gasteiger partial charge on any atom is -0.289 e. The number of nitrogens with two attached hydrogens (primary N) is 1. The standard InChI is InChI=1S/C21H16ClN5O2/c1-13-6-9-15(10-7-13)27-21(29)17(12-23)16(19(26-27)20(28)25-24)11-8-14-4-2-3-5-18(14)22/h2-11H,24H2,1H3,(H,25,28). The highest BCUT2D eigenvalue weighted by molar-refractivity contribution is 6.32. The molecular weight excluding hydrogens is 390 g/mol. The average Bonchev–Trinajstić information content (AvgIpc) is 2.73. The number of nitriles is 1. The van der Waals surface area contributed by atoms with Crippen LogP contribution in [-0.4, -0.2) is 15.7 Å². The van der Waals surface area contributed by atoms with E-state index in [4.69, 9.17) is 17.4 Å². The molecule has 2 aromatic carbocycles. The number of benzene rings is 2. The molecule has 0 saturated heterocycles. The molecule has 0 aliphatic heterocycles. The van der Waals surface area contributed by atoms with E-state index in [1.807, 2.05) is 18.4 Å². The number of rotatable bonds is 4.